The van der Waals surface area contributed by atoms with Crippen LogP contribution >= 0.6 is 0 Å². The molecule has 3 heteroatoms. The molecule has 2 heterocycles. The van der Waals surface area contributed by atoms with Crippen LogP contribution in [0, 0.1) is 0 Å². The third kappa shape index (κ3) is 5.97. The van der Waals surface area contributed by atoms with E-state index in [0.29, 0.717) is 5.84 Å². The average molecular weight is 686 g/mol. The molecule has 3 nitrogen and oxygen atoms in total. The van der Waals surface area contributed by atoms with Crippen LogP contribution in [0.15, 0.2) is 174 Å². The molecule has 0 N–H and O–H groups in total. The van der Waals surface area contributed by atoms with Crippen molar-refractivity contribution in [2.75, 3.05) is 0 Å². The molecule has 0 radical (unpaired) electrons. The number of aromatic nitrogens is 1. The van der Waals surface area contributed by atoms with Crippen LogP contribution in [0.1, 0.15) is 68.4 Å². The molecule has 0 fully saturated rings. The number of allylic oxidation sites excluding steroid dienone is 3. The molecule has 0 unspecified atom stereocenters. The van der Waals surface area contributed by atoms with Crippen molar-refractivity contribution in [2.45, 2.75) is 51.4 Å². The zero-order chi connectivity index (χ0) is 36.2. The van der Waals surface area contributed by atoms with Crippen LogP contribution in [0.2, 0.25) is 0 Å². The van der Waals surface area contributed by atoms with E-state index in [-0.39, 0.29) is 10.8 Å². The molecule has 2 aliphatic rings. The van der Waals surface area contributed by atoms with Gasteiger partial charge in [-0.1, -0.05) is 149 Å². The maximum absolute atomic E-state index is 5.27. The SMILES string of the molecule is CC1(C)CCC(C)(C)c2cc(C3=C\C=C\C(c4ccc(-c5ccc6c7ccccc7n(-c7ccccc7)c6c5)cc4)=N/C(c4ccccc4)=N\3)ccc21. The first-order valence-electron chi connectivity index (χ1n) is 18.7. The van der Waals surface area contributed by atoms with Gasteiger partial charge in [-0.15, -0.1) is 0 Å². The van der Waals surface area contributed by atoms with Crippen molar-refractivity contribution in [3.05, 3.63) is 192 Å². The van der Waals surface area contributed by atoms with Gasteiger partial charge >= 0.3 is 0 Å². The van der Waals surface area contributed by atoms with Crippen LogP contribution in [0.4, 0.5) is 0 Å². The largest absolute Gasteiger partial charge is 0.309 e. The van der Waals surface area contributed by atoms with E-state index in [9.17, 15) is 0 Å². The highest BCUT2D eigenvalue weighted by Crippen LogP contribution is 2.46. The van der Waals surface area contributed by atoms with Gasteiger partial charge in [-0.05, 0) is 88.4 Å². The monoisotopic (exact) mass is 685 g/mol. The lowest BCUT2D eigenvalue weighted by molar-refractivity contribution is 0.332. The van der Waals surface area contributed by atoms with Gasteiger partial charge in [0.25, 0.3) is 0 Å². The molecule has 0 spiro atoms. The van der Waals surface area contributed by atoms with Crippen LogP contribution in [0.3, 0.4) is 0 Å². The van der Waals surface area contributed by atoms with E-state index >= 15 is 0 Å². The quantitative estimate of drug-likeness (QED) is 0.173. The van der Waals surface area contributed by atoms with Gasteiger partial charge in [0, 0.05) is 33.2 Å². The number of benzene rings is 6. The minimum atomic E-state index is 0.119. The minimum Gasteiger partial charge on any atom is -0.309 e. The summed E-state index contributed by atoms with van der Waals surface area (Å²) in [5, 5.41) is 2.51. The van der Waals surface area contributed by atoms with Crippen LogP contribution in [-0.2, 0) is 10.8 Å². The lowest BCUT2D eigenvalue weighted by Gasteiger charge is -2.42. The molecule has 9 rings (SSSR count). The molecule has 1 aliphatic carbocycles. The number of hydrogen-bond donors (Lipinski definition) is 0. The third-order valence-corrected chi connectivity index (χ3v) is 11.3. The summed E-state index contributed by atoms with van der Waals surface area (Å²) in [4.78, 5) is 10.5. The number of nitrogens with zero attached hydrogens (tertiary/aromatic N) is 3. The standard InChI is InChI=1S/C50H43N3/c1-49(2)30-31-50(3,4)43-32-38(27-29-42(43)49)45-20-13-19-44(51-48(52-45)36-14-7-5-8-15-36)35-24-22-34(23-25-35)37-26-28-41-40-18-11-12-21-46(40)53(47(41)33-37)39-16-9-6-10-17-39/h5-29,32-33H,30-31H2,1-4H3/b19-13+,20-13?,44-19?,45-20+,51-44+,51-48?,52-45?,52-48-. The van der Waals surface area contributed by atoms with Crippen molar-refractivity contribution in [3.8, 4) is 16.8 Å². The van der Waals surface area contributed by atoms with Gasteiger partial charge in [0.2, 0.25) is 0 Å². The van der Waals surface area contributed by atoms with Crippen molar-refractivity contribution < 1.29 is 0 Å². The van der Waals surface area contributed by atoms with Gasteiger partial charge in [-0.25, -0.2) is 9.98 Å². The van der Waals surface area contributed by atoms with Gasteiger partial charge < -0.3 is 4.57 Å². The zero-order valence-corrected chi connectivity index (χ0v) is 30.8. The minimum absolute atomic E-state index is 0.119. The molecule has 7 aromatic rings. The zero-order valence-electron chi connectivity index (χ0n) is 30.8. The van der Waals surface area contributed by atoms with E-state index in [1.807, 2.05) is 6.07 Å². The molecular formula is C50H43N3. The molecule has 0 amide bonds. The molecule has 1 aromatic heterocycles. The first kappa shape index (κ1) is 32.8. The fourth-order valence-corrected chi connectivity index (χ4v) is 8.18. The summed E-state index contributed by atoms with van der Waals surface area (Å²) in [6, 6.07) is 52.2. The van der Waals surface area contributed by atoms with Crippen molar-refractivity contribution in [3.63, 3.8) is 0 Å². The highest BCUT2D eigenvalue weighted by Gasteiger charge is 2.37. The fraction of sp³-hybridized carbons (Fsp3) is 0.160. The molecule has 53 heavy (non-hydrogen) atoms. The summed E-state index contributed by atoms with van der Waals surface area (Å²) >= 11 is 0. The smallest absolute Gasteiger partial charge is 0.160 e. The van der Waals surface area contributed by atoms with Crippen molar-refractivity contribution in [1.82, 2.24) is 4.57 Å². The number of amidine groups is 1. The van der Waals surface area contributed by atoms with Gasteiger partial charge in [0.1, 0.15) is 0 Å². The summed E-state index contributed by atoms with van der Waals surface area (Å²) in [5.41, 5.74) is 14.0. The number of rotatable bonds is 5. The van der Waals surface area contributed by atoms with Crippen LogP contribution in [0.5, 0.6) is 0 Å². The average Bonchev–Trinajstić information content (AvgIpc) is 3.51. The molecular weight excluding hydrogens is 643 g/mol. The summed E-state index contributed by atoms with van der Waals surface area (Å²) in [7, 11) is 0. The van der Waals surface area contributed by atoms with Gasteiger partial charge in [0.05, 0.1) is 22.4 Å². The van der Waals surface area contributed by atoms with Gasteiger partial charge in [-0.2, -0.15) is 0 Å². The highest BCUT2D eigenvalue weighted by molar-refractivity contribution is 6.18. The normalized spacial score (nSPS) is 19.9. The van der Waals surface area contributed by atoms with Crippen molar-refractivity contribution >= 4 is 39.1 Å². The molecule has 0 saturated carbocycles. The molecule has 0 saturated heterocycles. The second kappa shape index (κ2) is 12.9. The molecule has 0 bridgehead atoms. The number of para-hydroxylation sites is 2. The van der Waals surface area contributed by atoms with E-state index in [1.165, 1.54) is 51.3 Å². The fourth-order valence-electron chi connectivity index (χ4n) is 8.18. The lowest BCUT2D eigenvalue weighted by Crippen LogP contribution is -2.33. The molecule has 0 atom stereocenters. The Kier molecular flexibility index (Phi) is 7.96. The first-order valence-corrected chi connectivity index (χ1v) is 18.7. The van der Waals surface area contributed by atoms with E-state index in [1.54, 1.807) is 0 Å². The topological polar surface area (TPSA) is 29.6 Å². The Bertz CT molecular complexity index is 2630. The summed E-state index contributed by atoms with van der Waals surface area (Å²) in [6.45, 7) is 9.50. The van der Waals surface area contributed by atoms with Gasteiger partial charge in [-0.3, -0.25) is 0 Å². The lowest BCUT2D eigenvalue weighted by atomic mass is 9.63. The first-order chi connectivity index (χ1) is 25.7. The second-order valence-corrected chi connectivity index (χ2v) is 15.7. The number of hydrogen-bond acceptors (Lipinski definition) is 2. The Morgan fingerprint density at radius 1 is 0.491 bits per heavy atom. The van der Waals surface area contributed by atoms with E-state index in [4.69, 9.17) is 9.98 Å². The van der Waals surface area contributed by atoms with E-state index in [2.05, 4.69) is 190 Å². The predicted octanol–water partition coefficient (Wildman–Crippen LogP) is 12.6. The Balaban J connectivity index is 1.08. The van der Waals surface area contributed by atoms with E-state index < -0.39 is 0 Å². The van der Waals surface area contributed by atoms with Crippen LogP contribution in [-0.4, -0.2) is 16.1 Å². The number of fused-ring (bicyclic) bond motifs is 4. The summed E-state index contributed by atoms with van der Waals surface area (Å²) < 4.78 is 2.37. The molecule has 1 aliphatic heterocycles. The van der Waals surface area contributed by atoms with Crippen LogP contribution < -0.4 is 0 Å². The summed E-state index contributed by atoms with van der Waals surface area (Å²) in [5.74, 6) is 0.705. The number of aliphatic imine (C=N–C) groups is 2. The highest BCUT2D eigenvalue weighted by atomic mass is 15.0. The maximum atomic E-state index is 5.27. The Morgan fingerprint density at radius 3 is 1.89 bits per heavy atom. The Morgan fingerprint density at radius 2 is 1.11 bits per heavy atom. The maximum Gasteiger partial charge on any atom is 0.160 e. The second-order valence-electron chi connectivity index (χ2n) is 15.7. The Hall–Kier alpha value is -6.06. The third-order valence-electron chi connectivity index (χ3n) is 11.3. The molecule has 6 aromatic carbocycles. The summed E-state index contributed by atoms with van der Waals surface area (Å²) in [6.07, 6.45) is 8.71. The van der Waals surface area contributed by atoms with E-state index in [0.717, 1.165) is 39.3 Å². The van der Waals surface area contributed by atoms with Crippen molar-refractivity contribution in [2.24, 2.45) is 9.98 Å². The predicted molar refractivity (Wildman–Crippen MR) is 225 cm³/mol. The van der Waals surface area contributed by atoms with Crippen LogP contribution in [0.25, 0.3) is 44.3 Å². The van der Waals surface area contributed by atoms with Crippen molar-refractivity contribution in [1.29, 1.82) is 0 Å². The Labute approximate surface area is 312 Å². The molecule has 258 valence electrons. The van der Waals surface area contributed by atoms with Gasteiger partial charge in [0.15, 0.2) is 5.84 Å².